The van der Waals surface area contributed by atoms with Gasteiger partial charge < -0.3 is 10.2 Å². The zero-order valence-electron chi connectivity index (χ0n) is 16.0. The van der Waals surface area contributed by atoms with Crippen molar-refractivity contribution in [2.45, 2.75) is 63.5 Å². The van der Waals surface area contributed by atoms with Gasteiger partial charge in [-0.25, -0.2) is 9.78 Å². The van der Waals surface area contributed by atoms with Gasteiger partial charge in [-0.1, -0.05) is 37.8 Å². The SMILES string of the molecule is Cn1c(C2CCCN2C(=O)NC2CCCCCC2)nc2ccccc2c1=O. The van der Waals surface area contributed by atoms with E-state index in [4.69, 9.17) is 4.98 Å². The maximum Gasteiger partial charge on any atom is 0.318 e. The molecule has 1 atom stereocenters. The first-order valence-corrected chi connectivity index (χ1v) is 10.2. The first kappa shape index (κ1) is 18.0. The number of likely N-dealkylation sites (tertiary alicyclic amines) is 1. The summed E-state index contributed by atoms with van der Waals surface area (Å²) in [7, 11) is 1.76. The van der Waals surface area contributed by atoms with Gasteiger partial charge in [0.1, 0.15) is 5.82 Å². The van der Waals surface area contributed by atoms with Crippen LogP contribution in [0.4, 0.5) is 4.79 Å². The van der Waals surface area contributed by atoms with E-state index in [1.807, 2.05) is 23.1 Å². The summed E-state index contributed by atoms with van der Waals surface area (Å²) >= 11 is 0. The number of para-hydroxylation sites is 1. The van der Waals surface area contributed by atoms with Gasteiger partial charge in [-0.05, 0) is 37.8 Å². The van der Waals surface area contributed by atoms with Crippen molar-refractivity contribution < 1.29 is 4.79 Å². The van der Waals surface area contributed by atoms with E-state index in [0.717, 1.165) is 25.7 Å². The van der Waals surface area contributed by atoms with Gasteiger partial charge >= 0.3 is 6.03 Å². The molecule has 4 rings (SSSR count). The lowest BCUT2D eigenvalue weighted by Crippen LogP contribution is -2.45. The monoisotopic (exact) mass is 368 g/mol. The highest BCUT2D eigenvalue weighted by Crippen LogP contribution is 2.31. The fourth-order valence-electron chi connectivity index (χ4n) is 4.49. The topological polar surface area (TPSA) is 67.2 Å². The van der Waals surface area contributed by atoms with E-state index in [2.05, 4.69) is 5.32 Å². The number of hydrogen-bond acceptors (Lipinski definition) is 3. The number of nitrogens with one attached hydrogen (secondary N) is 1. The highest BCUT2D eigenvalue weighted by Gasteiger charge is 2.34. The maximum absolute atomic E-state index is 13.0. The molecule has 2 heterocycles. The second kappa shape index (κ2) is 7.71. The molecule has 1 unspecified atom stereocenters. The van der Waals surface area contributed by atoms with E-state index in [-0.39, 0.29) is 23.7 Å². The molecule has 1 N–H and O–H groups in total. The lowest BCUT2D eigenvalue weighted by molar-refractivity contribution is 0.184. The number of carbonyl (C=O) groups excluding carboxylic acids is 1. The van der Waals surface area contributed by atoms with Crippen LogP contribution >= 0.6 is 0 Å². The molecule has 1 aromatic carbocycles. The van der Waals surface area contributed by atoms with Crippen molar-refractivity contribution in [3.05, 3.63) is 40.4 Å². The molecule has 6 nitrogen and oxygen atoms in total. The zero-order valence-corrected chi connectivity index (χ0v) is 16.0. The Morgan fingerprint density at radius 3 is 2.59 bits per heavy atom. The number of aromatic nitrogens is 2. The molecule has 1 saturated carbocycles. The average Bonchev–Trinajstić information content (AvgIpc) is 3.03. The van der Waals surface area contributed by atoms with Crippen LogP contribution in [0, 0.1) is 0 Å². The molecular weight excluding hydrogens is 340 g/mol. The highest BCUT2D eigenvalue weighted by atomic mass is 16.2. The van der Waals surface area contributed by atoms with Crippen molar-refractivity contribution in [1.82, 2.24) is 19.8 Å². The number of fused-ring (bicyclic) bond motifs is 1. The Balaban J connectivity index is 1.59. The van der Waals surface area contributed by atoms with E-state index >= 15 is 0 Å². The predicted molar refractivity (Wildman–Crippen MR) is 106 cm³/mol. The van der Waals surface area contributed by atoms with Crippen LogP contribution in [0.1, 0.15) is 63.2 Å². The molecular formula is C21H28N4O2. The fourth-order valence-corrected chi connectivity index (χ4v) is 4.49. The van der Waals surface area contributed by atoms with Gasteiger partial charge in [0, 0.05) is 19.6 Å². The molecule has 6 heteroatoms. The summed E-state index contributed by atoms with van der Waals surface area (Å²) in [5.41, 5.74) is 0.651. The van der Waals surface area contributed by atoms with Crippen molar-refractivity contribution >= 4 is 16.9 Å². The summed E-state index contributed by atoms with van der Waals surface area (Å²) in [6, 6.07) is 7.54. The van der Waals surface area contributed by atoms with Crippen LogP contribution in [-0.2, 0) is 7.05 Å². The molecule has 144 valence electrons. The summed E-state index contributed by atoms with van der Waals surface area (Å²) in [6.07, 6.45) is 8.82. The van der Waals surface area contributed by atoms with E-state index in [1.165, 1.54) is 25.7 Å². The van der Waals surface area contributed by atoms with Gasteiger partial charge in [-0.2, -0.15) is 0 Å². The van der Waals surface area contributed by atoms with Crippen molar-refractivity contribution in [2.75, 3.05) is 6.54 Å². The quantitative estimate of drug-likeness (QED) is 0.825. The summed E-state index contributed by atoms with van der Waals surface area (Å²) in [4.78, 5) is 32.3. The van der Waals surface area contributed by atoms with Gasteiger partial charge in [-0.15, -0.1) is 0 Å². The molecule has 0 radical (unpaired) electrons. The van der Waals surface area contributed by atoms with E-state index in [0.29, 0.717) is 23.3 Å². The molecule has 2 aliphatic rings. The molecule has 2 fully saturated rings. The Hall–Kier alpha value is -2.37. The predicted octanol–water partition coefficient (Wildman–Crippen LogP) is 3.50. The van der Waals surface area contributed by atoms with Crippen LogP contribution in [0.15, 0.2) is 29.1 Å². The number of urea groups is 1. The molecule has 1 aromatic heterocycles. The molecule has 1 saturated heterocycles. The van der Waals surface area contributed by atoms with Crippen molar-refractivity contribution in [3.8, 4) is 0 Å². The number of nitrogens with zero attached hydrogens (tertiary/aromatic N) is 3. The minimum Gasteiger partial charge on any atom is -0.335 e. The van der Waals surface area contributed by atoms with Gasteiger partial charge in [-0.3, -0.25) is 9.36 Å². The van der Waals surface area contributed by atoms with E-state index in [1.54, 1.807) is 17.7 Å². The van der Waals surface area contributed by atoms with Crippen molar-refractivity contribution in [2.24, 2.45) is 7.05 Å². The van der Waals surface area contributed by atoms with Crippen LogP contribution in [0.2, 0.25) is 0 Å². The maximum atomic E-state index is 13.0. The highest BCUT2D eigenvalue weighted by molar-refractivity contribution is 5.78. The van der Waals surface area contributed by atoms with Crippen LogP contribution in [-0.4, -0.2) is 33.1 Å². The Kier molecular flexibility index (Phi) is 5.14. The lowest BCUT2D eigenvalue weighted by Gasteiger charge is -2.28. The van der Waals surface area contributed by atoms with Crippen LogP contribution in [0.3, 0.4) is 0 Å². The minimum absolute atomic E-state index is 0.00759. The number of amides is 2. The third kappa shape index (κ3) is 3.57. The van der Waals surface area contributed by atoms with Gasteiger partial charge in [0.15, 0.2) is 0 Å². The third-order valence-corrected chi connectivity index (χ3v) is 6.01. The molecule has 1 aliphatic heterocycles. The molecule has 1 aliphatic carbocycles. The Bertz CT molecular complexity index is 883. The van der Waals surface area contributed by atoms with Gasteiger partial charge in [0.2, 0.25) is 0 Å². The summed E-state index contributed by atoms with van der Waals surface area (Å²) < 4.78 is 1.62. The van der Waals surface area contributed by atoms with Crippen molar-refractivity contribution in [1.29, 1.82) is 0 Å². The van der Waals surface area contributed by atoms with E-state index in [9.17, 15) is 9.59 Å². The average molecular weight is 368 g/mol. The Morgan fingerprint density at radius 1 is 1.07 bits per heavy atom. The van der Waals surface area contributed by atoms with Gasteiger partial charge in [0.05, 0.1) is 16.9 Å². The summed E-state index contributed by atoms with van der Waals surface area (Å²) in [6.45, 7) is 0.714. The first-order chi connectivity index (χ1) is 13.1. The summed E-state index contributed by atoms with van der Waals surface area (Å²) in [5.74, 6) is 0.687. The number of carbonyl (C=O) groups is 1. The lowest BCUT2D eigenvalue weighted by atomic mass is 10.1. The number of rotatable bonds is 2. The number of benzene rings is 1. The fraction of sp³-hybridized carbons (Fsp3) is 0.571. The Labute approximate surface area is 159 Å². The third-order valence-electron chi connectivity index (χ3n) is 6.01. The molecule has 0 bridgehead atoms. The second-order valence-corrected chi connectivity index (χ2v) is 7.84. The number of hydrogen-bond donors (Lipinski definition) is 1. The molecule has 2 amide bonds. The van der Waals surface area contributed by atoms with Gasteiger partial charge in [0.25, 0.3) is 5.56 Å². The van der Waals surface area contributed by atoms with E-state index < -0.39 is 0 Å². The molecule has 2 aromatic rings. The smallest absolute Gasteiger partial charge is 0.318 e. The Morgan fingerprint density at radius 2 is 1.81 bits per heavy atom. The van der Waals surface area contributed by atoms with Crippen molar-refractivity contribution in [3.63, 3.8) is 0 Å². The minimum atomic E-state index is -0.141. The van der Waals surface area contributed by atoms with Crippen LogP contribution in [0.25, 0.3) is 10.9 Å². The molecule has 0 spiro atoms. The summed E-state index contributed by atoms with van der Waals surface area (Å²) in [5, 5.41) is 3.87. The zero-order chi connectivity index (χ0) is 18.8. The normalized spacial score (nSPS) is 21.4. The molecule has 27 heavy (non-hydrogen) atoms. The standard InChI is InChI=1S/C21H28N4O2/c1-24-19(23-17-12-7-6-11-16(17)20(24)26)18-13-8-14-25(18)21(27)22-15-9-4-2-3-5-10-15/h6-7,11-12,15,18H,2-5,8-10,13-14H2,1H3,(H,22,27). The van der Waals surface area contributed by atoms with Crippen LogP contribution < -0.4 is 10.9 Å². The van der Waals surface area contributed by atoms with Crippen LogP contribution in [0.5, 0.6) is 0 Å². The second-order valence-electron chi connectivity index (χ2n) is 7.84. The first-order valence-electron chi connectivity index (χ1n) is 10.2. The largest absolute Gasteiger partial charge is 0.335 e.